The molecule has 1 N–H and O–H groups in total. The van der Waals surface area contributed by atoms with Crippen molar-refractivity contribution in [2.45, 2.75) is 12.5 Å². The summed E-state index contributed by atoms with van der Waals surface area (Å²) in [7, 11) is 2.00. The molecule has 0 aliphatic carbocycles. The molecule has 0 bridgehead atoms. The van der Waals surface area contributed by atoms with Crippen LogP contribution in [0.1, 0.15) is 6.42 Å². The molecule has 1 aliphatic rings. The van der Waals surface area contributed by atoms with Crippen molar-refractivity contribution in [2.24, 2.45) is 0 Å². The molecule has 0 saturated carbocycles. The molecule has 0 radical (unpaired) electrons. The van der Waals surface area contributed by atoms with Crippen LogP contribution in [0.4, 0.5) is 5.82 Å². The largest absolute Gasteiger partial charge is 0.353 e. The average molecular weight is 373 g/mol. The van der Waals surface area contributed by atoms with Crippen LogP contribution < -0.4 is 10.2 Å². The van der Waals surface area contributed by atoms with E-state index in [1.165, 1.54) is 0 Å². The van der Waals surface area contributed by atoms with Gasteiger partial charge < -0.3 is 10.2 Å². The highest BCUT2D eigenvalue weighted by molar-refractivity contribution is 6.31. The maximum absolute atomic E-state index is 6.28. The van der Waals surface area contributed by atoms with Crippen LogP contribution in [0.5, 0.6) is 0 Å². The fourth-order valence-electron chi connectivity index (χ4n) is 3.36. The normalized spacial score (nSPS) is 17.4. The Hall–Kier alpha value is -1.88. The molecule has 4 nitrogen and oxygen atoms in total. The summed E-state index contributed by atoms with van der Waals surface area (Å²) in [6.07, 6.45) is 1.10. The second-order valence-electron chi connectivity index (χ2n) is 6.29. The Morgan fingerprint density at radius 3 is 2.48 bits per heavy atom. The van der Waals surface area contributed by atoms with E-state index in [0.717, 1.165) is 47.4 Å². The number of anilines is 1. The number of nitrogens with zero attached hydrogens (tertiary/aromatic N) is 3. The van der Waals surface area contributed by atoms with Crippen molar-refractivity contribution >= 4 is 39.8 Å². The Balaban J connectivity index is 1.85. The summed E-state index contributed by atoms with van der Waals surface area (Å²) < 4.78 is 0. The number of hydrogen-bond acceptors (Lipinski definition) is 4. The van der Waals surface area contributed by atoms with Gasteiger partial charge in [0.05, 0.1) is 0 Å². The van der Waals surface area contributed by atoms with Gasteiger partial charge in [0.1, 0.15) is 5.69 Å². The van der Waals surface area contributed by atoms with E-state index in [-0.39, 0.29) is 0 Å². The van der Waals surface area contributed by atoms with E-state index in [1.54, 1.807) is 0 Å². The molecule has 0 amide bonds. The zero-order valence-corrected chi connectivity index (χ0v) is 15.3. The molecule has 1 aliphatic heterocycles. The summed E-state index contributed by atoms with van der Waals surface area (Å²) in [5, 5.41) is 15.9. The molecule has 6 heteroatoms. The van der Waals surface area contributed by atoms with Crippen LogP contribution in [-0.2, 0) is 0 Å². The quantitative estimate of drug-likeness (QED) is 0.739. The SMILES string of the molecule is CNC1CCN(c2nnc(-c3ccc(Cl)cc3)c3ccc(Cl)cc23)C1. The Bertz CT molecular complexity index is 911. The molecule has 2 heterocycles. The Morgan fingerprint density at radius 1 is 1.00 bits per heavy atom. The number of halogens is 2. The summed E-state index contributed by atoms with van der Waals surface area (Å²) in [6, 6.07) is 14.0. The van der Waals surface area contributed by atoms with E-state index in [9.17, 15) is 0 Å². The fraction of sp³-hybridized carbons (Fsp3) is 0.263. The average Bonchev–Trinajstić information content (AvgIpc) is 3.10. The van der Waals surface area contributed by atoms with Gasteiger partial charge in [-0.2, -0.15) is 0 Å². The van der Waals surface area contributed by atoms with Crippen molar-refractivity contribution in [3.05, 3.63) is 52.5 Å². The Kier molecular flexibility index (Phi) is 4.50. The van der Waals surface area contributed by atoms with Gasteiger partial charge in [-0.3, -0.25) is 0 Å². The Labute approximate surface area is 156 Å². The number of fused-ring (bicyclic) bond motifs is 1. The van der Waals surface area contributed by atoms with Gasteiger partial charge in [0.15, 0.2) is 5.82 Å². The monoisotopic (exact) mass is 372 g/mol. The van der Waals surface area contributed by atoms with E-state index in [1.807, 2.05) is 49.5 Å². The van der Waals surface area contributed by atoms with Crippen molar-refractivity contribution in [3.63, 3.8) is 0 Å². The summed E-state index contributed by atoms with van der Waals surface area (Å²) in [4.78, 5) is 2.28. The van der Waals surface area contributed by atoms with Crippen LogP contribution in [0.2, 0.25) is 10.0 Å². The van der Waals surface area contributed by atoms with E-state index < -0.39 is 0 Å². The van der Waals surface area contributed by atoms with Crippen LogP contribution in [-0.4, -0.2) is 36.4 Å². The van der Waals surface area contributed by atoms with Crippen molar-refractivity contribution in [3.8, 4) is 11.3 Å². The summed E-state index contributed by atoms with van der Waals surface area (Å²) >= 11 is 12.3. The number of rotatable bonds is 3. The van der Waals surface area contributed by atoms with Gasteiger partial charge in [0, 0.05) is 45.5 Å². The first kappa shape index (κ1) is 16.6. The second kappa shape index (κ2) is 6.79. The van der Waals surface area contributed by atoms with E-state index in [0.29, 0.717) is 16.1 Å². The summed E-state index contributed by atoms with van der Waals surface area (Å²) in [6.45, 7) is 1.88. The predicted molar refractivity (Wildman–Crippen MR) is 105 cm³/mol. The first-order chi connectivity index (χ1) is 12.2. The molecule has 1 fully saturated rings. The molecule has 25 heavy (non-hydrogen) atoms. The van der Waals surface area contributed by atoms with E-state index in [2.05, 4.69) is 20.4 Å². The lowest BCUT2D eigenvalue weighted by molar-refractivity contribution is 0.616. The molecule has 3 aromatic rings. The smallest absolute Gasteiger partial charge is 0.159 e. The lowest BCUT2D eigenvalue weighted by Gasteiger charge is -2.20. The van der Waals surface area contributed by atoms with Gasteiger partial charge in [-0.15, -0.1) is 10.2 Å². The third-order valence-corrected chi connectivity index (χ3v) is 5.22. The maximum Gasteiger partial charge on any atom is 0.159 e. The van der Waals surface area contributed by atoms with Crippen LogP contribution >= 0.6 is 23.2 Å². The zero-order chi connectivity index (χ0) is 17.4. The van der Waals surface area contributed by atoms with Gasteiger partial charge in [-0.05, 0) is 37.7 Å². The number of benzene rings is 2. The van der Waals surface area contributed by atoms with Crippen molar-refractivity contribution < 1.29 is 0 Å². The lowest BCUT2D eigenvalue weighted by atomic mass is 10.0. The molecule has 4 rings (SSSR count). The van der Waals surface area contributed by atoms with Gasteiger partial charge in [-0.1, -0.05) is 41.4 Å². The van der Waals surface area contributed by atoms with Crippen LogP contribution in [0, 0.1) is 0 Å². The van der Waals surface area contributed by atoms with Gasteiger partial charge in [-0.25, -0.2) is 0 Å². The second-order valence-corrected chi connectivity index (χ2v) is 7.16. The molecular formula is C19H18Cl2N4. The summed E-state index contributed by atoms with van der Waals surface area (Å²) in [5.41, 5.74) is 1.83. The first-order valence-corrected chi connectivity index (χ1v) is 9.05. The minimum atomic E-state index is 0.479. The standard InChI is InChI=1S/C19H18Cl2N4/c1-22-15-8-9-25(11-15)19-17-10-14(21)6-7-16(17)18(23-24-19)12-2-4-13(20)5-3-12/h2-7,10,15,22H,8-9,11H2,1H3. The van der Waals surface area contributed by atoms with Crippen molar-refractivity contribution in [2.75, 3.05) is 25.0 Å². The maximum atomic E-state index is 6.28. The molecule has 2 aromatic carbocycles. The predicted octanol–water partition coefficient (Wildman–Crippen LogP) is 4.40. The highest BCUT2D eigenvalue weighted by Crippen LogP contribution is 2.34. The first-order valence-electron chi connectivity index (χ1n) is 8.30. The Morgan fingerprint density at radius 2 is 1.76 bits per heavy atom. The summed E-state index contributed by atoms with van der Waals surface area (Å²) in [5.74, 6) is 0.896. The molecule has 1 atom stereocenters. The van der Waals surface area contributed by atoms with Crippen LogP contribution in [0.15, 0.2) is 42.5 Å². The third-order valence-electron chi connectivity index (χ3n) is 4.74. The third kappa shape index (κ3) is 3.17. The number of aromatic nitrogens is 2. The van der Waals surface area contributed by atoms with Crippen LogP contribution in [0.25, 0.3) is 22.0 Å². The van der Waals surface area contributed by atoms with Crippen molar-refractivity contribution in [1.29, 1.82) is 0 Å². The molecular weight excluding hydrogens is 355 g/mol. The number of likely N-dealkylation sites (N-methyl/N-ethyl adjacent to an activating group) is 1. The molecule has 1 unspecified atom stereocenters. The van der Waals surface area contributed by atoms with Gasteiger partial charge in [0.2, 0.25) is 0 Å². The van der Waals surface area contributed by atoms with Crippen molar-refractivity contribution in [1.82, 2.24) is 15.5 Å². The van der Waals surface area contributed by atoms with Gasteiger partial charge in [0.25, 0.3) is 0 Å². The minimum absolute atomic E-state index is 0.479. The lowest BCUT2D eigenvalue weighted by Crippen LogP contribution is -2.30. The highest BCUT2D eigenvalue weighted by atomic mass is 35.5. The van der Waals surface area contributed by atoms with E-state index in [4.69, 9.17) is 23.2 Å². The van der Waals surface area contributed by atoms with Gasteiger partial charge >= 0.3 is 0 Å². The van der Waals surface area contributed by atoms with Crippen LogP contribution in [0.3, 0.4) is 0 Å². The fourth-order valence-corrected chi connectivity index (χ4v) is 3.65. The highest BCUT2D eigenvalue weighted by Gasteiger charge is 2.24. The topological polar surface area (TPSA) is 41.0 Å². The minimum Gasteiger partial charge on any atom is -0.353 e. The van der Waals surface area contributed by atoms with E-state index >= 15 is 0 Å². The molecule has 1 aromatic heterocycles. The zero-order valence-electron chi connectivity index (χ0n) is 13.8. The molecule has 0 spiro atoms. The molecule has 1 saturated heterocycles. The number of nitrogens with one attached hydrogen (secondary N) is 1. The molecule has 128 valence electrons. The number of hydrogen-bond donors (Lipinski definition) is 1.